The van der Waals surface area contributed by atoms with Crippen LogP contribution in [0.1, 0.15) is 5.56 Å². The summed E-state index contributed by atoms with van der Waals surface area (Å²) in [5, 5.41) is 0. The van der Waals surface area contributed by atoms with Crippen molar-refractivity contribution in [2.45, 2.75) is 11.3 Å². The minimum atomic E-state index is -3.43. The van der Waals surface area contributed by atoms with Gasteiger partial charge in [0.05, 0.1) is 4.90 Å². The first-order chi connectivity index (χ1) is 8.60. The number of rotatable bonds is 4. The molecule has 0 aliphatic carbocycles. The van der Waals surface area contributed by atoms with Crippen LogP contribution in [-0.2, 0) is 16.3 Å². The standard InChI is InChI=1S/C15H14O2S/c1-13(12-14-8-4-2-5-9-14)18(16,17)15-10-6-3-7-11-15/h2-11H,1,12H2. The molecule has 2 aromatic carbocycles. The molecule has 3 heteroatoms. The van der Waals surface area contributed by atoms with Crippen LogP contribution in [0.25, 0.3) is 0 Å². The van der Waals surface area contributed by atoms with Gasteiger partial charge >= 0.3 is 0 Å². The van der Waals surface area contributed by atoms with E-state index in [4.69, 9.17) is 0 Å². The van der Waals surface area contributed by atoms with Gasteiger partial charge in [0.15, 0.2) is 0 Å². The summed E-state index contributed by atoms with van der Waals surface area (Å²) in [4.78, 5) is 0.519. The van der Waals surface area contributed by atoms with E-state index in [9.17, 15) is 8.42 Å². The van der Waals surface area contributed by atoms with Gasteiger partial charge in [-0.3, -0.25) is 0 Å². The zero-order chi connectivity index (χ0) is 13.0. The predicted octanol–water partition coefficient (Wildman–Crippen LogP) is 3.22. The molecule has 0 aliphatic heterocycles. The minimum absolute atomic E-state index is 0.222. The molecule has 0 heterocycles. The van der Waals surface area contributed by atoms with Crippen molar-refractivity contribution in [1.29, 1.82) is 0 Å². The van der Waals surface area contributed by atoms with Crippen LogP contribution in [0.4, 0.5) is 0 Å². The molecule has 92 valence electrons. The molecule has 0 aliphatic rings. The Labute approximate surface area is 108 Å². The molecule has 2 rings (SSSR count). The third-order valence-corrected chi connectivity index (χ3v) is 4.47. The first-order valence-electron chi connectivity index (χ1n) is 5.62. The SMILES string of the molecule is C=C(Cc1ccccc1)S(=O)(=O)c1ccccc1. The van der Waals surface area contributed by atoms with Crippen LogP contribution in [0.3, 0.4) is 0 Å². The third kappa shape index (κ3) is 2.68. The van der Waals surface area contributed by atoms with Crippen molar-refractivity contribution >= 4 is 9.84 Å². The Morgan fingerprint density at radius 3 is 1.94 bits per heavy atom. The molecule has 0 saturated heterocycles. The van der Waals surface area contributed by atoms with E-state index in [1.54, 1.807) is 30.3 Å². The largest absolute Gasteiger partial charge is 0.219 e. The summed E-state index contributed by atoms with van der Waals surface area (Å²) < 4.78 is 24.5. The Morgan fingerprint density at radius 2 is 1.39 bits per heavy atom. The molecule has 0 radical (unpaired) electrons. The van der Waals surface area contributed by atoms with Gasteiger partial charge in [-0.15, -0.1) is 0 Å². The van der Waals surface area contributed by atoms with Crippen molar-refractivity contribution in [2.24, 2.45) is 0 Å². The van der Waals surface area contributed by atoms with Gasteiger partial charge in [-0.1, -0.05) is 55.1 Å². The Balaban J connectivity index is 2.25. The molecule has 0 N–H and O–H groups in total. The Bertz CT molecular complexity index is 629. The van der Waals surface area contributed by atoms with Gasteiger partial charge in [0.25, 0.3) is 0 Å². The van der Waals surface area contributed by atoms with Crippen molar-refractivity contribution in [3.63, 3.8) is 0 Å². The fourth-order valence-electron chi connectivity index (χ4n) is 1.68. The van der Waals surface area contributed by atoms with Crippen LogP contribution in [0.2, 0.25) is 0 Å². The highest BCUT2D eigenvalue weighted by Crippen LogP contribution is 2.20. The number of hydrogen-bond donors (Lipinski definition) is 0. The van der Waals surface area contributed by atoms with E-state index in [0.717, 1.165) is 5.56 Å². The average Bonchev–Trinajstić information content (AvgIpc) is 2.41. The van der Waals surface area contributed by atoms with Crippen LogP contribution in [0.15, 0.2) is 77.0 Å². The molecule has 0 atom stereocenters. The summed E-state index contributed by atoms with van der Waals surface area (Å²) in [5.41, 5.74) is 0.946. The van der Waals surface area contributed by atoms with Gasteiger partial charge in [0, 0.05) is 11.3 Å². The average molecular weight is 258 g/mol. The zero-order valence-electron chi connectivity index (χ0n) is 9.91. The fraction of sp³-hybridized carbons (Fsp3) is 0.0667. The van der Waals surface area contributed by atoms with E-state index < -0.39 is 9.84 Å². The maximum atomic E-state index is 12.2. The molecule has 0 amide bonds. The first kappa shape index (κ1) is 12.6. The van der Waals surface area contributed by atoms with Crippen LogP contribution >= 0.6 is 0 Å². The van der Waals surface area contributed by atoms with Crippen molar-refractivity contribution in [3.05, 3.63) is 77.7 Å². The van der Waals surface area contributed by atoms with Crippen molar-refractivity contribution in [1.82, 2.24) is 0 Å². The summed E-state index contributed by atoms with van der Waals surface area (Å²) >= 11 is 0. The Kier molecular flexibility index (Phi) is 3.63. The molecule has 2 nitrogen and oxygen atoms in total. The summed E-state index contributed by atoms with van der Waals surface area (Å²) in [6.07, 6.45) is 0.345. The molecule has 0 aromatic heterocycles. The van der Waals surface area contributed by atoms with E-state index in [1.165, 1.54) is 0 Å². The fourth-order valence-corrected chi connectivity index (χ4v) is 2.89. The maximum Gasteiger partial charge on any atom is 0.202 e. The summed E-state index contributed by atoms with van der Waals surface area (Å²) in [6, 6.07) is 17.9. The number of benzene rings is 2. The van der Waals surface area contributed by atoms with Gasteiger partial charge in [0.2, 0.25) is 9.84 Å². The Morgan fingerprint density at radius 1 is 0.889 bits per heavy atom. The van der Waals surface area contributed by atoms with E-state index in [-0.39, 0.29) is 4.91 Å². The summed E-state index contributed by atoms with van der Waals surface area (Å²) in [5.74, 6) is 0. The molecule has 18 heavy (non-hydrogen) atoms. The highest BCUT2D eigenvalue weighted by atomic mass is 32.2. The summed E-state index contributed by atoms with van der Waals surface area (Å²) in [6.45, 7) is 3.71. The zero-order valence-corrected chi connectivity index (χ0v) is 10.7. The topological polar surface area (TPSA) is 34.1 Å². The van der Waals surface area contributed by atoms with Gasteiger partial charge in [-0.05, 0) is 17.7 Å². The van der Waals surface area contributed by atoms with Gasteiger partial charge in [-0.2, -0.15) is 0 Å². The molecule has 0 fully saturated rings. The van der Waals surface area contributed by atoms with Gasteiger partial charge in [0.1, 0.15) is 0 Å². The first-order valence-corrected chi connectivity index (χ1v) is 7.11. The molecule has 0 saturated carbocycles. The van der Waals surface area contributed by atoms with Crippen molar-refractivity contribution in [3.8, 4) is 0 Å². The normalized spacial score (nSPS) is 11.1. The lowest BCUT2D eigenvalue weighted by Gasteiger charge is -2.07. The predicted molar refractivity (Wildman–Crippen MR) is 72.9 cm³/mol. The highest BCUT2D eigenvalue weighted by molar-refractivity contribution is 7.95. The maximum absolute atomic E-state index is 12.2. The molecular formula is C15H14O2S. The van der Waals surface area contributed by atoms with Crippen molar-refractivity contribution in [2.75, 3.05) is 0 Å². The van der Waals surface area contributed by atoms with Crippen molar-refractivity contribution < 1.29 is 8.42 Å². The second-order valence-electron chi connectivity index (χ2n) is 4.02. The Hall–Kier alpha value is -1.87. The number of allylic oxidation sites excluding steroid dienone is 1. The monoisotopic (exact) mass is 258 g/mol. The number of hydrogen-bond acceptors (Lipinski definition) is 2. The quantitative estimate of drug-likeness (QED) is 0.843. The molecule has 0 spiro atoms. The molecule has 0 unspecified atom stereocenters. The second-order valence-corrected chi connectivity index (χ2v) is 6.07. The lowest BCUT2D eigenvalue weighted by Crippen LogP contribution is -2.06. The minimum Gasteiger partial charge on any atom is -0.219 e. The molecule has 0 bridgehead atoms. The van der Waals surface area contributed by atoms with Gasteiger partial charge < -0.3 is 0 Å². The van der Waals surface area contributed by atoms with E-state index in [0.29, 0.717) is 11.3 Å². The molecule has 2 aromatic rings. The van der Waals surface area contributed by atoms with Crippen LogP contribution in [0.5, 0.6) is 0 Å². The molecular weight excluding hydrogens is 244 g/mol. The smallest absolute Gasteiger partial charge is 0.202 e. The summed E-state index contributed by atoms with van der Waals surface area (Å²) in [7, 11) is -3.43. The third-order valence-electron chi connectivity index (χ3n) is 2.68. The van der Waals surface area contributed by atoms with Crippen LogP contribution in [-0.4, -0.2) is 8.42 Å². The van der Waals surface area contributed by atoms with E-state index in [1.807, 2.05) is 30.3 Å². The number of sulfone groups is 1. The lowest BCUT2D eigenvalue weighted by atomic mass is 10.1. The second kappa shape index (κ2) is 5.19. The van der Waals surface area contributed by atoms with Crippen LogP contribution < -0.4 is 0 Å². The van der Waals surface area contributed by atoms with E-state index >= 15 is 0 Å². The van der Waals surface area contributed by atoms with E-state index in [2.05, 4.69) is 6.58 Å². The highest BCUT2D eigenvalue weighted by Gasteiger charge is 2.18. The van der Waals surface area contributed by atoms with Crippen LogP contribution in [0, 0.1) is 0 Å². The van der Waals surface area contributed by atoms with Gasteiger partial charge in [-0.25, -0.2) is 8.42 Å². The lowest BCUT2D eigenvalue weighted by molar-refractivity contribution is 0.601.